The van der Waals surface area contributed by atoms with E-state index in [0.29, 0.717) is 0 Å². The van der Waals surface area contributed by atoms with Crippen LogP contribution in [0.2, 0.25) is 0 Å². The molecule has 0 radical (unpaired) electrons. The van der Waals surface area contributed by atoms with Crippen molar-refractivity contribution in [2.24, 2.45) is 11.8 Å². The Balaban J connectivity index is 2.19. The second kappa shape index (κ2) is 5.35. The fourth-order valence-corrected chi connectivity index (χ4v) is 3.21. The molecule has 2 aliphatic rings. The zero-order valence-corrected chi connectivity index (χ0v) is 12.9. The molecule has 2 amide bonds. The summed E-state index contributed by atoms with van der Waals surface area (Å²) < 4.78 is 22.7. The molecule has 1 N–H and O–H groups in total. The van der Waals surface area contributed by atoms with Crippen molar-refractivity contribution in [1.29, 1.82) is 0 Å². The number of piperazine rings is 1. The van der Waals surface area contributed by atoms with E-state index in [4.69, 9.17) is 0 Å². The molecule has 0 aromatic rings. The Morgan fingerprint density at radius 3 is 2.35 bits per heavy atom. The first-order valence-corrected chi connectivity index (χ1v) is 9.05. The van der Waals surface area contributed by atoms with Gasteiger partial charge >= 0.3 is 0 Å². The van der Waals surface area contributed by atoms with Crippen molar-refractivity contribution in [1.82, 2.24) is 10.2 Å². The number of hydrogen-bond acceptors (Lipinski definition) is 4. The van der Waals surface area contributed by atoms with Crippen LogP contribution in [-0.4, -0.2) is 55.8 Å². The summed E-state index contributed by atoms with van der Waals surface area (Å²) in [6.45, 7) is 3.82. The number of carbonyl (C=O) groups excluding carboxylic acids is 2. The summed E-state index contributed by atoms with van der Waals surface area (Å²) >= 11 is 0. The minimum Gasteiger partial charge on any atom is -0.342 e. The Labute approximate surface area is 119 Å². The van der Waals surface area contributed by atoms with E-state index in [1.54, 1.807) is 0 Å². The van der Waals surface area contributed by atoms with Crippen molar-refractivity contribution in [2.45, 2.75) is 38.8 Å². The molecule has 6 nitrogen and oxygen atoms in total. The average molecular weight is 302 g/mol. The fourth-order valence-electron chi connectivity index (χ4n) is 2.68. The first kappa shape index (κ1) is 15.3. The Morgan fingerprint density at radius 1 is 1.30 bits per heavy atom. The molecule has 2 fully saturated rings. The first-order chi connectivity index (χ1) is 9.20. The summed E-state index contributed by atoms with van der Waals surface area (Å²) in [5.41, 5.74) is 0. The van der Waals surface area contributed by atoms with Gasteiger partial charge in [0.05, 0.1) is 5.75 Å². The molecule has 114 valence electrons. The second-order valence-corrected chi connectivity index (χ2v) is 8.43. The van der Waals surface area contributed by atoms with E-state index in [2.05, 4.69) is 5.32 Å². The van der Waals surface area contributed by atoms with E-state index >= 15 is 0 Å². The molecule has 1 heterocycles. The molecule has 0 aromatic heterocycles. The summed E-state index contributed by atoms with van der Waals surface area (Å²) in [4.78, 5) is 26.2. The number of nitrogens with one attached hydrogen (secondary N) is 1. The highest BCUT2D eigenvalue weighted by molar-refractivity contribution is 7.90. The molecule has 2 rings (SSSR count). The van der Waals surface area contributed by atoms with Crippen LogP contribution in [0, 0.1) is 11.8 Å². The highest BCUT2D eigenvalue weighted by Gasteiger charge is 2.47. The van der Waals surface area contributed by atoms with Gasteiger partial charge in [0.25, 0.3) is 0 Å². The second-order valence-electron chi connectivity index (χ2n) is 6.17. The third kappa shape index (κ3) is 3.31. The molecule has 2 unspecified atom stereocenters. The third-order valence-electron chi connectivity index (χ3n) is 3.88. The van der Waals surface area contributed by atoms with Crippen LogP contribution in [0.3, 0.4) is 0 Å². The van der Waals surface area contributed by atoms with Crippen LogP contribution < -0.4 is 5.32 Å². The molecular formula is C13H22N2O4S. The Morgan fingerprint density at radius 2 is 1.90 bits per heavy atom. The largest absolute Gasteiger partial charge is 0.342 e. The van der Waals surface area contributed by atoms with Gasteiger partial charge in [0.2, 0.25) is 11.8 Å². The normalized spacial score (nSPS) is 27.9. The van der Waals surface area contributed by atoms with Crippen molar-refractivity contribution in [3.05, 3.63) is 0 Å². The Hall–Kier alpha value is -1.11. The van der Waals surface area contributed by atoms with Crippen molar-refractivity contribution in [2.75, 3.05) is 18.6 Å². The van der Waals surface area contributed by atoms with Gasteiger partial charge in [0, 0.05) is 12.8 Å². The van der Waals surface area contributed by atoms with Gasteiger partial charge in [-0.1, -0.05) is 13.8 Å². The monoisotopic (exact) mass is 302 g/mol. The lowest BCUT2D eigenvalue weighted by molar-refractivity contribution is -0.151. The van der Waals surface area contributed by atoms with Gasteiger partial charge in [-0.15, -0.1) is 0 Å². The van der Waals surface area contributed by atoms with Crippen LogP contribution >= 0.6 is 0 Å². The van der Waals surface area contributed by atoms with E-state index in [1.807, 2.05) is 13.8 Å². The summed E-state index contributed by atoms with van der Waals surface area (Å²) in [6.07, 6.45) is 3.04. The van der Waals surface area contributed by atoms with Crippen LogP contribution in [0.25, 0.3) is 0 Å². The zero-order valence-electron chi connectivity index (χ0n) is 12.1. The lowest BCUT2D eigenvalue weighted by atomic mass is 9.95. The zero-order chi connectivity index (χ0) is 15.1. The maximum atomic E-state index is 12.5. The minimum absolute atomic E-state index is 0.0429. The van der Waals surface area contributed by atoms with Crippen LogP contribution in [0.15, 0.2) is 0 Å². The van der Waals surface area contributed by atoms with E-state index in [-0.39, 0.29) is 35.9 Å². The average Bonchev–Trinajstić information content (AvgIpc) is 3.11. The van der Waals surface area contributed by atoms with Crippen LogP contribution in [0.1, 0.15) is 26.7 Å². The highest BCUT2D eigenvalue weighted by atomic mass is 32.2. The molecule has 2 atom stereocenters. The smallest absolute Gasteiger partial charge is 0.246 e. The molecular weight excluding hydrogens is 280 g/mol. The highest BCUT2D eigenvalue weighted by Crippen LogP contribution is 2.35. The minimum atomic E-state index is -3.16. The number of amides is 2. The van der Waals surface area contributed by atoms with Gasteiger partial charge in [-0.2, -0.15) is 0 Å². The molecule has 0 aromatic carbocycles. The topological polar surface area (TPSA) is 83.6 Å². The van der Waals surface area contributed by atoms with Gasteiger partial charge in [0.1, 0.15) is 21.9 Å². The third-order valence-corrected chi connectivity index (χ3v) is 4.80. The fraction of sp³-hybridized carbons (Fsp3) is 0.846. The molecule has 1 aliphatic heterocycles. The SMILES string of the molecule is CC(C)C1C(=O)NC(C2CC2)C(=O)N1CCS(C)(=O)=O. The van der Waals surface area contributed by atoms with Crippen molar-refractivity contribution in [3.63, 3.8) is 0 Å². The van der Waals surface area contributed by atoms with Gasteiger partial charge in [-0.25, -0.2) is 8.42 Å². The first-order valence-electron chi connectivity index (χ1n) is 6.99. The number of sulfone groups is 1. The maximum Gasteiger partial charge on any atom is 0.246 e. The molecule has 1 aliphatic carbocycles. The van der Waals surface area contributed by atoms with Crippen LogP contribution in [0.4, 0.5) is 0 Å². The maximum absolute atomic E-state index is 12.5. The number of nitrogens with zero attached hydrogens (tertiary/aromatic N) is 1. The predicted molar refractivity (Wildman–Crippen MR) is 74.7 cm³/mol. The molecule has 20 heavy (non-hydrogen) atoms. The van der Waals surface area contributed by atoms with Crippen molar-refractivity contribution >= 4 is 21.7 Å². The Kier molecular flexibility index (Phi) is 4.09. The predicted octanol–water partition coefficient (Wildman–Crippen LogP) is -0.207. The van der Waals surface area contributed by atoms with E-state index in [0.717, 1.165) is 19.1 Å². The number of rotatable bonds is 5. The number of hydrogen-bond donors (Lipinski definition) is 1. The molecule has 0 spiro atoms. The molecule has 0 bridgehead atoms. The lowest BCUT2D eigenvalue weighted by Crippen LogP contribution is -2.65. The van der Waals surface area contributed by atoms with Crippen molar-refractivity contribution < 1.29 is 18.0 Å². The summed E-state index contributed by atoms with van der Waals surface area (Å²) in [5.74, 6) is -0.217. The molecule has 1 saturated heterocycles. The van der Waals surface area contributed by atoms with Crippen LogP contribution in [-0.2, 0) is 19.4 Å². The summed E-state index contributed by atoms with van der Waals surface area (Å²) in [5, 5.41) is 2.81. The summed E-state index contributed by atoms with van der Waals surface area (Å²) in [6, 6.07) is -1.03. The standard InChI is InChI=1S/C13H22N2O4S/c1-8(2)11-12(16)14-10(9-4-5-9)13(17)15(11)6-7-20(3,18)19/h8-11H,4-7H2,1-3H3,(H,14,16). The molecule has 1 saturated carbocycles. The lowest BCUT2D eigenvalue weighted by Gasteiger charge is -2.41. The Bertz CT molecular complexity index is 510. The molecule has 7 heteroatoms. The van der Waals surface area contributed by atoms with Gasteiger partial charge in [-0.05, 0) is 24.7 Å². The number of carbonyl (C=O) groups is 2. The van der Waals surface area contributed by atoms with Crippen LogP contribution in [0.5, 0.6) is 0 Å². The quantitative estimate of drug-likeness (QED) is 0.762. The van der Waals surface area contributed by atoms with Gasteiger partial charge in [0.15, 0.2) is 0 Å². The van der Waals surface area contributed by atoms with E-state index in [1.165, 1.54) is 4.90 Å². The van der Waals surface area contributed by atoms with E-state index < -0.39 is 21.9 Å². The van der Waals surface area contributed by atoms with Gasteiger partial charge < -0.3 is 10.2 Å². The van der Waals surface area contributed by atoms with Gasteiger partial charge in [-0.3, -0.25) is 9.59 Å². The van der Waals surface area contributed by atoms with E-state index in [9.17, 15) is 18.0 Å². The van der Waals surface area contributed by atoms with Crippen molar-refractivity contribution in [3.8, 4) is 0 Å². The summed E-state index contributed by atoms with van der Waals surface area (Å²) in [7, 11) is -3.16.